The molecule has 0 atom stereocenters. The Morgan fingerprint density at radius 3 is 2.65 bits per heavy atom. The summed E-state index contributed by atoms with van der Waals surface area (Å²) in [5.74, 6) is -0.0174. The number of nitrogens with two attached hydrogens (primary N) is 1. The van der Waals surface area contributed by atoms with Crippen LogP contribution in [0.2, 0.25) is 5.02 Å². The van der Waals surface area contributed by atoms with Crippen LogP contribution in [0.3, 0.4) is 0 Å². The topological polar surface area (TPSA) is 53.1 Å². The zero-order valence-electron chi connectivity index (χ0n) is 11.0. The van der Waals surface area contributed by atoms with E-state index >= 15 is 0 Å². The zero-order chi connectivity index (χ0) is 14.7. The molecule has 0 spiro atoms. The number of hydrogen-bond acceptors (Lipinski definition) is 2. The summed E-state index contributed by atoms with van der Waals surface area (Å²) in [5.41, 5.74) is 8.21. The molecule has 5 heteroatoms. The molecule has 0 fully saturated rings. The predicted molar refractivity (Wildman–Crippen MR) is 88.7 cm³/mol. The van der Waals surface area contributed by atoms with Crippen molar-refractivity contribution in [3.05, 3.63) is 63.1 Å². The van der Waals surface area contributed by atoms with Gasteiger partial charge in [-0.3, -0.25) is 5.41 Å². The van der Waals surface area contributed by atoms with Gasteiger partial charge in [0.15, 0.2) is 0 Å². The fraction of sp³-hybridized carbons (Fsp3) is 0.133. The number of nitrogens with zero attached hydrogens (tertiary/aromatic N) is 1. The van der Waals surface area contributed by atoms with Gasteiger partial charge in [-0.05, 0) is 35.9 Å². The molecule has 0 radical (unpaired) electrons. The molecule has 0 aliphatic heterocycles. The van der Waals surface area contributed by atoms with Gasteiger partial charge in [-0.1, -0.05) is 39.7 Å². The van der Waals surface area contributed by atoms with Crippen molar-refractivity contribution >= 4 is 39.1 Å². The second-order valence-corrected chi connectivity index (χ2v) is 5.89. The van der Waals surface area contributed by atoms with Crippen LogP contribution in [0, 0.1) is 5.41 Å². The molecule has 104 valence electrons. The maximum absolute atomic E-state index is 7.43. The molecule has 0 aromatic heterocycles. The van der Waals surface area contributed by atoms with E-state index in [2.05, 4.69) is 33.0 Å². The van der Waals surface area contributed by atoms with Gasteiger partial charge in [0, 0.05) is 29.3 Å². The molecule has 0 aliphatic carbocycles. The van der Waals surface area contributed by atoms with Crippen molar-refractivity contribution < 1.29 is 0 Å². The maximum Gasteiger partial charge on any atom is 0.124 e. The Balaban J connectivity index is 2.19. The van der Waals surface area contributed by atoms with Crippen LogP contribution in [-0.4, -0.2) is 12.9 Å². The lowest BCUT2D eigenvalue weighted by Gasteiger charge is -2.20. The number of nitrogens with one attached hydrogen (secondary N) is 1. The molecule has 20 heavy (non-hydrogen) atoms. The number of rotatable bonds is 4. The minimum atomic E-state index is -0.0174. The van der Waals surface area contributed by atoms with E-state index in [0.717, 1.165) is 16.7 Å². The standard InChI is InChI=1S/C15H15BrClN3/c1-20(9-10-3-2-4-11(16)7-10)12-5-6-13(15(18)19)14(17)8-12/h2-8H,9H2,1H3,(H3,18,19). The molecule has 3 N–H and O–H groups in total. The van der Waals surface area contributed by atoms with E-state index in [1.807, 2.05) is 31.3 Å². The van der Waals surface area contributed by atoms with Crippen molar-refractivity contribution in [3.8, 4) is 0 Å². The van der Waals surface area contributed by atoms with Crippen LogP contribution in [0.25, 0.3) is 0 Å². The molecule has 2 aromatic rings. The molecule has 0 saturated heterocycles. The van der Waals surface area contributed by atoms with Crippen molar-refractivity contribution in [2.45, 2.75) is 6.54 Å². The predicted octanol–water partition coefficient (Wildman–Crippen LogP) is 4.02. The van der Waals surface area contributed by atoms with Gasteiger partial charge in [-0.25, -0.2) is 0 Å². The normalized spacial score (nSPS) is 10.3. The summed E-state index contributed by atoms with van der Waals surface area (Å²) in [7, 11) is 2.00. The summed E-state index contributed by atoms with van der Waals surface area (Å²) >= 11 is 9.61. The Morgan fingerprint density at radius 1 is 1.30 bits per heavy atom. The third-order valence-electron chi connectivity index (χ3n) is 2.99. The molecule has 3 nitrogen and oxygen atoms in total. The van der Waals surface area contributed by atoms with Crippen molar-refractivity contribution in [2.24, 2.45) is 5.73 Å². The summed E-state index contributed by atoms with van der Waals surface area (Å²) in [6.45, 7) is 0.773. The summed E-state index contributed by atoms with van der Waals surface area (Å²) < 4.78 is 1.06. The Hall–Kier alpha value is -1.52. The molecular weight excluding hydrogens is 338 g/mol. The Morgan fingerprint density at radius 2 is 2.05 bits per heavy atom. The number of benzene rings is 2. The van der Waals surface area contributed by atoms with Crippen molar-refractivity contribution in [3.63, 3.8) is 0 Å². The number of halogens is 2. The highest BCUT2D eigenvalue weighted by Crippen LogP contribution is 2.24. The van der Waals surface area contributed by atoms with Crippen LogP contribution >= 0.6 is 27.5 Å². The Kier molecular flexibility index (Phi) is 4.68. The van der Waals surface area contributed by atoms with E-state index in [4.69, 9.17) is 22.7 Å². The van der Waals surface area contributed by atoms with Gasteiger partial charge < -0.3 is 10.6 Å². The summed E-state index contributed by atoms with van der Waals surface area (Å²) in [4.78, 5) is 2.09. The van der Waals surface area contributed by atoms with Gasteiger partial charge in [0.2, 0.25) is 0 Å². The highest BCUT2D eigenvalue weighted by atomic mass is 79.9. The second-order valence-electron chi connectivity index (χ2n) is 4.56. The number of nitrogen functional groups attached to an aromatic ring is 1. The molecule has 0 heterocycles. The van der Waals surface area contributed by atoms with E-state index < -0.39 is 0 Å². The highest BCUT2D eigenvalue weighted by molar-refractivity contribution is 9.10. The fourth-order valence-electron chi connectivity index (χ4n) is 1.96. The third-order valence-corrected chi connectivity index (χ3v) is 3.80. The third kappa shape index (κ3) is 3.52. The fourth-order valence-corrected chi connectivity index (χ4v) is 2.68. The Labute approximate surface area is 132 Å². The highest BCUT2D eigenvalue weighted by Gasteiger charge is 2.08. The van der Waals surface area contributed by atoms with E-state index in [1.54, 1.807) is 6.07 Å². The number of amidine groups is 1. The van der Waals surface area contributed by atoms with Crippen molar-refractivity contribution in [2.75, 3.05) is 11.9 Å². The minimum absolute atomic E-state index is 0.0174. The number of hydrogen-bond donors (Lipinski definition) is 2. The second kappa shape index (κ2) is 6.29. The molecular formula is C15H15BrClN3. The summed E-state index contributed by atoms with van der Waals surface area (Å²) in [6, 6.07) is 13.7. The van der Waals surface area contributed by atoms with Gasteiger partial charge in [-0.2, -0.15) is 0 Å². The van der Waals surface area contributed by atoms with E-state index in [-0.39, 0.29) is 5.84 Å². The lowest BCUT2D eigenvalue weighted by molar-refractivity contribution is 0.922. The van der Waals surface area contributed by atoms with Crippen molar-refractivity contribution in [1.82, 2.24) is 0 Å². The van der Waals surface area contributed by atoms with Crippen LogP contribution in [0.1, 0.15) is 11.1 Å². The van der Waals surface area contributed by atoms with Crippen LogP contribution in [-0.2, 0) is 6.54 Å². The van der Waals surface area contributed by atoms with Gasteiger partial charge in [0.1, 0.15) is 5.84 Å². The maximum atomic E-state index is 7.43. The molecule has 0 bridgehead atoms. The van der Waals surface area contributed by atoms with Crippen LogP contribution in [0.5, 0.6) is 0 Å². The van der Waals surface area contributed by atoms with E-state index in [9.17, 15) is 0 Å². The van der Waals surface area contributed by atoms with Crippen LogP contribution in [0.15, 0.2) is 46.9 Å². The molecule has 0 amide bonds. The van der Waals surface area contributed by atoms with Crippen molar-refractivity contribution in [1.29, 1.82) is 5.41 Å². The number of anilines is 1. The van der Waals surface area contributed by atoms with Gasteiger partial charge in [0.05, 0.1) is 5.02 Å². The first-order chi connectivity index (χ1) is 9.47. The van der Waals surface area contributed by atoms with Gasteiger partial charge >= 0.3 is 0 Å². The zero-order valence-corrected chi connectivity index (χ0v) is 13.4. The van der Waals surface area contributed by atoms with E-state index in [1.165, 1.54) is 5.56 Å². The first-order valence-electron chi connectivity index (χ1n) is 6.07. The quantitative estimate of drug-likeness (QED) is 0.645. The van der Waals surface area contributed by atoms with Gasteiger partial charge in [0.25, 0.3) is 0 Å². The first-order valence-corrected chi connectivity index (χ1v) is 7.24. The SMILES string of the molecule is CN(Cc1cccc(Br)c1)c1ccc(C(=N)N)c(Cl)c1. The lowest BCUT2D eigenvalue weighted by atomic mass is 10.1. The van der Waals surface area contributed by atoms with Crippen LogP contribution < -0.4 is 10.6 Å². The molecule has 2 rings (SSSR count). The van der Waals surface area contributed by atoms with E-state index in [0.29, 0.717) is 10.6 Å². The average molecular weight is 353 g/mol. The monoisotopic (exact) mass is 351 g/mol. The first kappa shape index (κ1) is 14.9. The Bertz CT molecular complexity index is 643. The average Bonchev–Trinajstić information content (AvgIpc) is 2.38. The largest absolute Gasteiger partial charge is 0.384 e. The molecule has 0 unspecified atom stereocenters. The molecule has 0 aliphatic rings. The molecule has 2 aromatic carbocycles. The summed E-state index contributed by atoms with van der Waals surface area (Å²) in [6.07, 6.45) is 0. The van der Waals surface area contributed by atoms with Gasteiger partial charge in [-0.15, -0.1) is 0 Å². The molecule has 0 saturated carbocycles. The minimum Gasteiger partial charge on any atom is -0.384 e. The lowest BCUT2D eigenvalue weighted by Crippen LogP contribution is -2.17. The summed E-state index contributed by atoms with van der Waals surface area (Å²) in [5, 5.41) is 7.93. The van der Waals surface area contributed by atoms with Crippen LogP contribution in [0.4, 0.5) is 5.69 Å². The smallest absolute Gasteiger partial charge is 0.124 e.